The molecule has 0 aromatic heterocycles. The van der Waals surface area contributed by atoms with Crippen molar-refractivity contribution >= 4 is 23.2 Å². The number of carbonyl (C=O) groups is 2. The average Bonchev–Trinajstić information content (AvgIpc) is 2.75. The van der Waals surface area contributed by atoms with Gasteiger partial charge in [0.2, 0.25) is 0 Å². The molecule has 7 nitrogen and oxygen atoms in total. The maximum absolute atomic E-state index is 12.6. The largest absolute Gasteiger partial charge is 0.352 e. The Kier molecular flexibility index (Phi) is 6.32. The monoisotopic (exact) mass is 389 g/mol. The topological polar surface area (TPSA) is 101 Å². The molecule has 7 heteroatoms. The summed E-state index contributed by atoms with van der Waals surface area (Å²) in [5.41, 5.74) is 1.73. The van der Waals surface area contributed by atoms with Crippen molar-refractivity contribution in [1.82, 2.24) is 5.32 Å². The Balaban J connectivity index is 1.68. The fourth-order valence-electron chi connectivity index (χ4n) is 2.81. The minimum atomic E-state index is -0.565. The molecule has 0 atom stereocenters. The van der Waals surface area contributed by atoms with Crippen molar-refractivity contribution in [1.29, 1.82) is 0 Å². The quantitative estimate of drug-likeness (QED) is 0.474. The molecule has 0 saturated carbocycles. The van der Waals surface area contributed by atoms with Gasteiger partial charge in [0.05, 0.1) is 16.2 Å². The average molecular weight is 389 g/mol. The van der Waals surface area contributed by atoms with E-state index in [4.69, 9.17) is 0 Å². The first-order valence-corrected chi connectivity index (χ1v) is 9.01. The number of nitro groups is 1. The lowest BCUT2D eigenvalue weighted by molar-refractivity contribution is -0.384. The van der Waals surface area contributed by atoms with Crippen LogP contribution in [0.3, 0.4) is 0 Å². The standard InChI is InChI=1S/C22H19N3O4/c26-21(17-9-6-10-18(15-17)25(28)29)24-20-12-5-4-11-19(20)22(27)23-14-13-16-7-2-1-3-8-16/h1-12,15H,13-14H2,(H,23,27)(H,24,26). The third-order valence-electron chi connectivity index (χ3n) is 4.28. The highest BCUT2D eigenvalue weighted by molar-refractivity contribution is 6.09. The van der Waals surface area contributed by atoms with Gasteiger partial charge in [0.1, 0.15) is 0 Å². The lowest BCUT2D eigenvalue weighted by Crippen LogP contribution is -2.27. The lowest BCUT2D eigenvalue weighted by atomic mass is 10.1. The molecule has 0 spiro atoms. The van der Waals surface area contributed by atoms with Crippen LogP contribution >= 0.6 is 0 Å². The Labute approximate surface area is 167 Å². The number of hydrogen-bond donors (Lipinski definition) is 2. The summed E-state index contributed by atoms with van der Waals surface area (Å²) >= 11 is 0. The molecular formula is C22H19N3O4. The molecule has 0 unspecified atom stereocenters. The number of carbonyl (C=O) groups excluding carboxylic acids is 2. The van der Waals surface area contributed by atoms with Crippen molar-refractivity contribution in [3.8, 4) is 0 Å². The summed E-state index contributed by atoms with van der Waals surface area (Å²) in [6.45, 7) is 0.454. The number of nitrogens with zero attached hydrogens (tertiary/aromatic N) is 1. The van der Waals surface area contributed by atoms with Gasteiger partial charge in [-0.1, -0.05) is 48.5 Å². The first-order chi connectivity index (χ1) is 14.0. The second kappa shape index (κ2) is 9.27. The van der Waals surface area contributed by atoms with Crippen LogP contribution in [0, 0.1) is 10.1 Å². The van der Waals surface area contributed by atoms with Gasteiger partial charge in [-0.3, -0.25) is 19.7 Å². The third-order valence-corrected chi connectivity index (χ3v) is 4.28. The maximum atomic E-state index is 12.6. The molecule has 0 aliphatic heterocycles. The molecule has 0 heterocycles. The molecule has 2 amide bonds. The predicted octanol–water partition coefficient (Wildman–Crippen LogP) is 3.82. The third kappa shape index (κ3) is 5.26. The van der Waals surface area contributed by atoms with Gasteiger partial charge in [0, 0.05) is 24.2 Å². The summed E-state index contributed by atoms with van der Waals surface area (Å²) < 4.78 is 0. The van der Waals surface area contributed by atoms with Crippen molar-refractivity contribution in [3.05, 3.63) is 106 Å². The SMILES string of the molecule is O=C(Nc1ccccc1C(=O)NCCc1ccccc1)c1cccc([N+](=O)[O-])c1. The number of nitrogens with one attached hydrogen (secondary N) is 2. The van der Waals surface area contributed by atoms with Gasteiger partial charge in [-0.05, 0) is 30.2 Å². The zero-order chi connectivity index (χ0) is 20.6. The van der Waals surface area contributed by atoms with Crippen molar-refractivity contribution in [2.75, 3.05) is 11.9 Å². The molecule has 2 N–H and O–H groups in total. The summed E-state index contributed by atoms with van der Waals surface area (Å²) in [7, 11) is 0. The second-order valence-corrected chi connectivity index (χ2v) is 6.30. The molecule has 29 heavy (non-hydrogen) atoms. The van der Waals surface area contributed by atoms with Crippen molar-refractivity contribution < 1.29 is 14.5 Å². The number of hydrogen-bond acceptors (Lipinski definition) is 4. The molecule has 3 aromatic rings. The van der Waals surface area contributed by atoms with E-state index in [0.29, 0.717) is 24.2 Å². The van der Waals surface area contributed by atoms with Gasteiger partial charge < -0.3 is 10.6 Å². The molecular weight excluding hydrogens is 370 g/mol. The van der Waals surface area contributed by atoms with E-state index in [0.717, 1.165) is 5.56 Å². The molecule has 0 aliphatic carbocycles. The van der Waals surface area contributed by atoms with E-state index in [9.17, 15) is 19.7 Å². The van der Waals surface area contributed by atoms with Crippen LogP contribution in [0.4, 0.5) is 11.4 Å². The molecule has 146 valence electrons. The Morgan fingerprint density at radius 1 is 0.862 bits per heavy atom. The fraction of sp³-hybridized carbons (Fsp3) is 0.0909. The van der Waals surface area contributed by atoms with Crippen molar-refractivity contribution in [2.45, 2.75) is 6.42 Å². The smallest absolute Gasteiger partial charge is 0.270 e. The number of benzene rings is 3. The van der Waals surface area contributed by atoms with Crippen molar-refractivity contribution in [2.24, 2.45) is 0 Å². The van der Waals surface area contributed by atoms with Crippen LogP contribution in [0.5, 0.6) is 0 Å². The summed E-state index contributed by atoms with van der Waals surface area (Å²) in [6, 6.07) is 21.8. The van der Waals surface area contributed by atoms with Crippen LogP contribution in [-0.4, -0.2) is 23.3 Å². The molecule has 0 saturated heterocycles. The van der Waals surface area contributed by atoms with E-state index in [2.05, 4.69) is 10.6 Å². The Hall–Kier alpha value is -4.00. The van der Waals surface area contributed by atoms with E-state index in [1.54, 1.807) is 24.3 Å². The van der Waals surface area contributed by atoms with Crippen molar-refractivity contribution in [3.63, 3.8) is 0 Å². The Morgan fingerprint density at radius 2 is 1.59 bits per heavy atom. The number of rotatable bonds is 7. The summed E-state index contributed by atoms with van der Waals surface area (Å²) in [4.78, 5) is 35.4. The molecule has 0 bridgehead atoms. The van der Waals surface area contributed by atoms with Gasteiger partial charge in [-0.15, -0.1) is 0 Å². The summed E-state index contributed by atoms with van der Waals surface area (Å²) in [6.07, 6.45) is 0.689. The number of anilines is 1. The van der Waals surface area contributed by atoms with Crippen LogP contribution in [0.1, 0.15) is 26.3 Å². The minimum absolute atomic E-state index is 0.137. The predicted molar refractivity (Wildman–Crippen MR) is 110 cm³/mol. The van der Waals surface area contributed by atoms with Gasteiger partial charge in [0.25, 0.3) is 17.5 Å². The lowest BCUT2D eigenvalue weighted by Gasteiger charge is -2.11. The highest BCUT2D eigenvalue weighted by Gasteiger charge is 2.15. The van der Waals surface area contributed by atoms with Crippen LogP contribution in [0.2, 0.25) is 0 Å². The highest BCUT2D eigenvalue weighted by atomic mass is 16.6. The van der Waals surface area contributed by atoms with Gasteiger partial charge >= 0.3 is 0 Å². The first kappa shape index (κ1) is 19.8. The Bertz CT molecular complexity index is 1030. The maximum Gasteiger partial charge on any atom is 0.270 e. The van der Waals surface area contributed by atoms with E-state index >= 15 is 0 Å². The van der Waals surface area contributed by atoms with E-state index in [1.807, 2.05) is 30.3 Å². The fourth-order valence-corrected chi connectivity index (χ4v) is 2.81. The van der Waals surface area contributed by atoms with Gasteiger partial charge in [-0.2, -0.15) is 0 Å². The van der Waals surface area contributed by atoms with E-state index in [1.165, 1.54) is 24.3 Å². The molecule has 0 radical (unpaired) electrons. The number of amides is 2. The second-order valence-electron chi connectivity index (χ2n) is 6.30. The number of nitro benzene ring substituents is 1. The molecule has 3 aromatic carbocycles. The molecule has 0 fully saturated rings. The zero-order valence-corrected chi connectivity index (χ0v) is 15.5. The first-order valence-electron chi connectivity index (χ1n) is 9.01. The van der Waals surface area contributed by atoms with Gasteiger partial charge in [-0.25, -0.2) is 0 Å². The van der Waals surface area contributed by atoms with Crippen LogP contribution in [0.25, 0.3) is 0 Å². The van der Waals surface area contributed by atoms with E-state index in [-0.39, 0.29) is 17.2 Å². The van der Waals surface area contributed by atoms with Crippen LogP contribution in [0.15, 0.2) is 78.9 Å². The minimum Gasteiger partial charge on any atom is -0.352 e. The highest BCUT2D eigenvalue weighted by Crippen LogP contribution is 2.18. The Morgan fingerprint density at radius 3 is 2.34 bits per heavy atom. The normalized spacial score (nSPS) is 10.2. The van der Waals surface area contributed by atoms with Crippen LogP contribution < -0.4 is 10.6 Å². The summed E-state index contributed by atoms with van der Waals surface area (Å²) in [5, 5.41) is 16.4. The van der Waals surface area contributed by atoms with E-state index < -0.39 is 10.8 Å². The number of non-ortho nitro benzene ring substituents is 1. The van der Waals surface area contributed by atoms with Gasteiger partial charge in [0.15, 0.2) is 0 Å². The number of para-hydroxylation sites is 1. The summed E-state index contributed by atoms with van der Waals surface area (Å²) in [5.74, 6) is -0.839. The molecule has 0 aliphatic rings. The van der Waals surface area contributed by atoms with Crippen LogP contribution in [-0.2, 0) is 6.42 Å². The molecule has 3 rings (SSSR count). The zero-order valence-electron chi connectivity index (χ0n) is 15.5.